The normalized spacial score (nSPS) is 19.5. The van der Waals surface area contributed by atoms with Gasteiger partial charge in [0.05, 0.1) is 0 Å². The maximum Gasteiger partial charge on any atom is 0.171 e. The summed E-state index contributed by atoms with van der Waals surface area (Å²) in [5, 5.41) is 18.2. The van der Waals surface area contributed by atoms with Gasteiger partial charge in [-0.1, -0.05) is 18.2 Å². The van der Waals surface area contributed by atoms with Crippen LogP contribution in [0.3, 0.4) is 0 Å². The van der Waals surface area contributed by atoms with Gasteiger partial charge in [0.2, 0.25) is 0 Å². The van der Waals surface area contributed by atoms with Crippen molar-refractivity contribution in [1.29, 1.82) is 0 Å². The molecule has 2 aromatic carbocycles. The second-order valence-electron chi connectivity index (χ2n) is 6.46. The molecular weight excluding hydrogens is 305 g/mol. The number of piperidine rings is 1. The molecule has 24 heavy (non-hydrogen) atoms. The number of rotatable bonds is 3. The molecule has 0 bridgehead atoms. The van der Waals surface area contributed by atoms with Crippen LogP contribution < -0.4 is 5.32 Å². The molecule has 1 aliphatic rings. The van der Waals surface area contributed by atoms with Gasteiger partial charge in [-0.05, 0) is 72.0 Å². The first-order valence-electron chi connectivity index (χ1n) is 8.37. The molecule has 1 unspecified atom stereocenters. The molecule has 3 aromatic rings. The van der Waals surface area contributed by atoms with Gasteiger partial charge < -0.3 is 5.32 Å². The Morgan fingerprint density at radius 1 is 1.21 bits per heavy atom. The number of benzene rings is 2. The molecule has 0 aliphatic carbocycles. The van der Waals surface area contributed by atoms with Crippen LogP contribution >= 0.6 is 0 Å². The van der Waals surface area contributed by atoms with E-state index in [4.69, 9.17) is 0 Å². The van der Waals surface area contributed by atoms with E-state index in [1.54, 1.807) is 10.9 Å². The van der Waals surface area contributed by atoms with Gasteiger partial charge in [0.1, 0.15) is 11.9 Å². The second kappa shape index (κ2) is 6.28. The van der Waals surface area contributed by atoms with Crippen LogP contribution in [0.5, 0.6) is 0 Å². The molecule has 1 fully saturated rings. The van der Waals surface area contributed by atoms with Crippen molar-refractivity contribution in [3.05, 3.63) is 53.6 Å². The van der Waals surface area contributed by atoms with Crippen molar-refractivity contribution < 1.29 is 4.39 Å². The summed E-state index contributed by atoms with van der Waals surface area (Å²) < 4.78 is 13.4. The van der Waals surface area contributed by atoms with Crippen molar-refractivity contribution in [2.45, 2.75) is 25.8 Å². The van der Waals surface area contributed by atoms with Crippen molar-refractivity contribution in [3.8, 4) is 0 Å². The maximum absolute atomic E-state index is 13.4. The SMILES string of the molecule is Cc1nnn(C(c2ccc3cc(F)ccc3c2)[C@@H]2CCCNC2)n1. The van der Waals surface area contributed by atoms with Gasteiger partial charge in [-0.25, -0.2) is 4.39 Å². The lowest BCUT2D eigenvalue weighted by Crippen LogP contribution is -2.36. The van der Waals surface area contributed by atoms with Crippen LogP contribution in [-0.2, 0) is 0 Å². The zero-order valence-electron chi connectivity index (χ0n) is 13.6. The summed E-state index contributed by atoms with van der Waals surface area (Å²) in [5.74, 6) is 0.869. The molecule has 6 heteroatoms. The van der Waals surface area contributed by atoms with E-state index < -0.39 is 0 Å². The number of hydrogen-bond acceptors (Lipinski definition) is 4. The van der Waals surface area contributed by atoms with E-state index in [0.717, 1.165) is 42.3 Å². The molecule has 0 radical (unpaired) electrons. The first-order valence-corrected chi connectivity index (χ1v) is 8.37. The first kappa shape index (κ1) is 15.2. The number of hydrogen-bond donors (Lipinski definition) is 1. The monoisotopic (exact) mass is 325 g/mol. The van der Waals surface area contributed by atoms with Gasteiger partial charge in [0.25, 0.3) is 0 Å². The van der Waals surface area contributed by atoms with Crippen molar-refractivity contribution in [2.24, 2.45) is 5.92 Å². The maximum atomic E-state index is 13.4. The average Bonchev–Trinajstić information content (AvgIpc) is 3.02. The number of aryl methyl sites for hydroxylation is 1. The van der Waals surface area contributed by atoms with Gasteiger partial charge in [-0.15, -0.1) is 10.2 Å². The van der Waals surface area contributed by atoms with Gasteiger partial charge in [-0.2, -0.15) is 4.80 Å². The predicted octanol–water partition coefficient (Wildman–Crippen LogP) is 2.86. The van der Waals surface area contributed by atoms with Crippen LogP contribution in [0.25, 0.3) is 10.8 Å². The van der Waals surface area contributed by atoms with Crippen molar-refractivity contribution in [1.82, 2.24) is 25.5 Å². The standard InChI is InChI=1S/C18H20FN5/c1-12-21-23-24(22-12)18(16-3-2-8-20-11-16)15-5-4-14-10-17(19)7-6-13(14)9-15/h4-7,9-10,16,18,20H,2-3,8,11H2,1H3/t16-,18?/m1/s1. The molecular formula is C18H20FN5. The third-order valence-corrected chi connectivity index (χ3v) is 4.73. The summed E-state index contributed by atoms with van der Waals surface area (Å²) in [6.45, 7) is 3.85. The van der Waals surface area contributed by atoms with E-state index in [1.807, 2.05) is 19.1 Å². The van der Waals surface area contributed by atoms with E-state index in [1.165, 1.54) is 6.07 Å². The van der Waals surface area contributed by atoms with Crippen LogP contribution in [0, 0.1) is 18.7 Å². The topological polar surface area (TPSA) is 55.6 Å². The molecule has 0 spiro atoms. The summed E-state index contributed by atoms with van der Waals surface area (Å²) in [6.07, 6.45) is 2.27. The molecule has 1 saturated heterocycles. The number of fused-ring (bicyclic) bond motifs is 1. The van der Waals surface area contributed by atoms with E-state index in [2.05, 4.69) is 32.9 Å². The Morgan fingerprint density at radius 2 is 2.04 bits per heavy atom. The molecule has 0 saturated carbocycles. The summed E-state index contributed by atoms with van der Waals surface area (Å²) in [6, 6.07) is 11.1. The summed E-state index contributed by atoms with van der Waals surface area (Å²) >= 11 is 0. The number of nitrogens with one attached hydrogen (secondary N) is 1. The van der Waals surface area contributed by atoms with E-state index >= 15 is 0 Å². The quantitative estimate of drug-likeness (QED) is 0.804. The average molecular weight is 325 g/mol. The lowest BCUT2D eigenvalue weighted by Gasteiger charge is -2.30. The molecule has 124 valence electrons. The van der Waals surface area contributed by atoms with Gasteiger partial charge in [-0.3, -0.25) is 0 Å². The van der Waals surface area contributed by atoms with E-state index in [-0.39, 0.29) is 11.9 Å². The minimum absolute atomic E-state index is 0.0356. The highest BCUT2D eigenvalue weighted by Crippen LogP contribution is 2.32. The molecule has 1 aliphatic heterocycles. The van der Waals surface area contributed by atoms with Crippen molar-refractivity contribution in [2.75, 3.05) is 13.1 Å². The Kier molecular flexibility index (Phi) is 3.98. The fourth-order valence-corrected chi connectivity index (χ4v) is 3.58. The third-order valence-electron chi connectivity index (χ3n) is 4.73. The van der Waals surface area contributed by atoms with Crippen LogP contribution in [0.4, 0.5) is 4.39 Å². The van der Waals surface area contributed by atoms with Crippen LogP contribution in [-0.4, -0.2) is 33.3 Å². The molecule has 2 atom stereocenters. The largest absolute Gasteiger partial charge is 0.316 e. The fraction of sp³-hybridized carbons (Fsp3) is 0.389. The minimum atomic E-state index is -0.211. The summed E-state index contributed by atoms with van der Waals surface area (Å²) in [4.78, 5) is 1.73. The zero-order valence-corrected chi connectivity index (χ0v) is 13.6. The number of tetrazole rings is 1. The zero-order chi connectivity index (χ0) is 16.5. The molecule has 1 N–H and O–H groups in total. The van der Waals surface area contributed by atoms with Crippen LogP contribution in [0.2, 0.25) is 0 Å². The lowest BCUT2D eigenvalue weighted by atomic mass is 9.87. The molecule has 2 heterocycles. The highest BCUT2D eigenvalue weighted by molar-refractivity contribution is 5.83. The second-order valence-corrected chi connectivity index (χ2v) is 6.46. The highest BCUT2D eigenvalue weighted by Gasteiger charge is 2.28. The molecule has 0 amide bonds. The minimum Gasteiger partial charge on any atom is -0.316 e. The fourth-order valence-electron chi connectivity index (χ4n) is 3.58. The Hall–Kier alpha value is -2.34. The molecule has 5 nitrogen and oxygen atoms in total. The number of nitrogens with zero attached hydrogens (tertiary/aromatic N) is 4. The highest BCUT2D eigenvalue weighted by atomic mass is 19.1. The van der Waals surface area contributed by atoms with Gasteiger partial charge in [0, 0.05) is 6.54 Å². The molecule has 4 rings (SSSR count). The number of aromatic nitrogens is 4. The van der Waals surface area contributed by atoms with Crippen molar-refractivity contribution in [3.63, 3.8) is 0 Å². The Balaban J connectivity index is 1.78. The van der Waals surface area contributed by atoms with Gasteiger partial charge >= 0.3 is 0 Å². The Labute approximate surface area is 139 Å². The third kappa shape index (κ3) is 2.89. The number of halogens is 1. The van der Waals surface area contributed by atoms with Crippen LogP contribution in [0.1, 0.15) is 30.3 Å². The van der Waals surface area contributed by atoms with E-state index in [9.17, 15) is 4.39 Å². The molecule has 1 aromatic heterocycles. The van der Waals surface area contributed by atoms with Crippen LogP contribution in [0.15, 0.2) is 36.4 Å². The Bertz CT molecular complexity index is 853. The van der Waals surface area contributed by atoms with Gasteiger partial charge in [0.15, 0.2) is 5.82 Å². The predicted molar refractivity (Wildman–Crippen MR) is 90.2 cm³/mol. The summed E-state index contributed by atoms with van der Waals surface area (Å²) in [7, 11) is 0. The lowest BCUT2D eigenvalue weighted by molar-refractivity contribution is 0.261. The smallest absolute Gasteiger partial charge is 0.171 e. The first-order chi connectivity index (χ1) is 11.7. The van der Waals surface area contributed by atoms with Crippen molar-refractivity contribution >= 4 is 10.8 Å². The summed E-state index contributed by atoms with van der Waals surface area (Å²) in [5.41, 5.74) is 1.14. The van der Waals surface area contributed by atoms with E-state index in [0.29, 0.717) is 11.7 Å². The Morgan fingerprint density at radius 3 is 2.79 bits per heavy atom.